The van der Waals surface area contributed by atoms with Gasteiger partial charge in [0.15, 0.2) is 9.84 Å². The Hall–Kier alpha value is -3.23. The van der Waals surface area contributed by atoms with Crippen molar-refractivity contribution >= 4 is 39.1 Å². The number of carbonyl (C=O) groups excluding carboxylic acids is 2. The molecule has 3 aromatic rings. The molecule has 172 valence electrons. The molecule has 0 radical (unpaired) electrons. The lowest BCUT2D eigenvalue weighted by atomic mass is 10.0. The fourth-order valence-electron chi connectivity index (χ4n) is 3.26. The van der Waals surface area contributed by atoms with E-state index in [0.29, 0.717) is 12.0 Å². The molecule has 0 spiro atoms. The SMILES string of the molecule is CC[C@H](NC(=O)/C(=C/c1cccs1)NC(=O)c1cccc(C)c1)c1ccc(S(C)(=O)=O)cc1. The van der Waals surface area contributed by atoms with Crippen LogP contribution in [0.15, 0.2) is 76.6 Å². The van der Waals surface area contributed by atoms with Gasteiger partial charge >= 0.3 is 0 Å². The van der Waals surface area contributed by atoms with Crippen molar-refractivity contribution in [3.63, 3.8) is 0 Å². The van der Waals surface area contributed by atoms with Crippen LogP contribution in [0.25, 0.3) is 6.08 Å². The number of hydrogen-bond acceptors (Lipinski definition) is 5. The normalized spacial score (nSPS) is 12.8. The number of sulfone groups is 1. The molecule has 2 aromatic carbocycles. The third kappa shape index (κ3) is 6.63. The van der Waals surface area contributed by atoms with Crippen molar-refractivity contribution in [3.8, 4) is 0 Å². The van der Waals surface area contributed by atoms with Crippen molar-refractivity contribution in [2.24, 2.45) is 0 Å². The highest BCUT2D eigenvalue weighted by atomic mass is 32.2. The van der Waals surface area contributed by atoms with Crippen molar-refractivity contribution in [1.29, 1.82) is 0 Å². The summed E-state index contributed by atoms with van der Waals surface area (Å²) in [5.74, 6) is -0.800. The Morgan fingerprint density at radius 1 is 1.06 bits per heavy atom. The van der Waals surface area contributed by atoms with Gasteiger partial charge in [-0.3, -0.25) is 9.59 Å². The molecule has 1 aromatic heterocycles. The van der Waals surface area contributed by atoms with E-state index in [1.165, 1.54) is 23.5 Å². The highest BCUT2D eigenvalue weighted by Crippen LogP contribution is 2.20. The lowest BCUT2D eigenvalue weighted by Gasteiger charge is -2.19. The maximum Gasteiger partial charge on any atom is 0.268 e. The highest BCUT2D eigenvalue weighted by Gasteiger charge is 2.19. The minimum Gasteiger partial charge on any atom is -0.344 e. The summed E-state index contributed by atoms with van der Waals surface area (Å²) in [5, 5.41) is 7.59. The van der Waals surface area contributed by atoms with Crippen LogP contribution in [0.2, 0.25) is 0 Å². The summed E-state index contributed by atoms with van der Waals surface area (Å²) in [6, 6.07) is 17.0. The first kappa shape index (κ1) is 24.4. The van der Waals surface area contributed by atoms with Crippen LogP contribution in [-0.4, -0.2) is 26.5 Å². The summed E-state index contributed by atoms with van der Waals surface area (Å²) in [7, 11) is -3.30. The molecule has 33 heavy (non-hydrogen) atoms. The van der Waals surface area contributed by atoms with E-state index in [0.717, 1.165) is 22.3 Å². The number of hydrogen-bond donors (Lipinski definition) is 2. The second-order valence-electron chi connectivity index (χ2n) is 7.67. The predicted octanol–water partition coefficient (Wildman–Crippen LogP) is 4.50. The van der Waals surface area contributed by atoms with Crippen LogP contribution in [0.3, 0.4) is 0 Å². The standard InChI is InChI=1S/C25H26N2O4S2/c1-4-22(18-10-12-21(13-11-18)33(3,30)31)26-25(29)23(16-20-9-6-14-32-20)27-24(28)19-8-5-7-17(2)15-19/h5-16,22H,4H2,1-3H3,(H,26,29)(H,27,28)/b23-16-/t22-/m0/s1. The molecule has 0 aliphatic rings. The molecular weight excluding hydrogens is 456 g/mol. The molecule has 0 saturated heterocycles. The lowest BCUT2D eigenvalue weighted by Crippen LogP contribution is -2.36. The van der Waals surface area contributed by atoms with E-state index in [2.05, 4.69) is 10.6 Å². The molecule has 6 nitrogen and oxygen atoms in total. The van der Waals surface area contributed by atoms with Crippen LogP contribution >= 0.6 is 11.3 Å². The van der Waals surface area contributed by atoms with Gasteiger partial charge in [0, 0.05) is 16.7 Å². The Kier molecular flexibility index (Phi) is 7.84. The van der Waals surface area contributed by atoms with Gasteiger partial charge in [-0.05, 0) is 60.7 Å². The average molecular weight is 483 g/mol. The molecule has 0 bridgehead atoms. The monoisotopic (exact) mass is 482 g/mol. The van der Waals surface area contributed by atoms with Crippen molar-refractivity contribution in [3.05, 3.63) is 93.3 Å². The fourth-order valence-corrected chi connectivity index (χ4v) is 4.55. The average Bonchev–Trinajstić information content (AvgIpc) is 3.29. The summed E-state index contributed by atoms with van der Waals surface area (Å²) in [5.41, 5.74) is 2.32. The van der Waals surface area contributed by atoms with Crippen molar-refractivity contribution in [2.45, 2.75) is 31.2 Å². The van der Waals surface area contributed by atoms with E-state index >= 15 is 0 Å². The fraction of sp³-hybridized carbons (Fsp3) is 0.200. The molecule has 1 heterocycles. The van der Waals surface area contributed by atoms with Crippen LogP contribution < -0.4 is 10.6 Å². The Labute approximate surface area is 198 Å². The van der Waals surface area contributed by atoms with Crippen molar-refractivity contribution in [2.75, 3.05) is 6.26 Å². The molecule has 0 aliphatic heterocycles. The zero-order valence-electron chi connectivity index (χ0n) is 18.7. The van der Waals surface area contributed by atoms with E-state index < -0.39 is 15.7 Å². The Balaban J connectivity index is 1.84. The molecule has 8 heteroatoms. The third-order valence-corrected chi connectivity index (χ3v) is 6.97. The first-order valence-corrected chi connectivity index (χ1v) is 13.2. The third-order valence-electron chi connectivity index (χ3n) is 5.03. The molecule has 3 rings (SSSR count). The number of carbonyl (C=O) groups is 2. The first-order chi connectivity index (χ1) is 15.7. The molecule has 1 atom stereocenters. The van der Waals surface area contributed by atoms with Gasteiger partial charge < -0.3 is 10.6 Å². The lowest BCUT2D eigenvalue weighted by molar-refractivity contribution is -0.118. The summed E-state index contributed by atoms with van der Waals surface area (Å²) >= 11 is 1.45. The van der Waals surface area contributed by atoms with Gasteiger partial charge in [-0.15, -0.1) is 11.3 Å². The van der Waals surface area contributed by atoms with Gasteiger partial charge in [0.05, 0.1) is 10.9 Å². The van der Waals surface area contributed by atoms with E-state index in [4.69, 9.17) is 0 Å². The maximum absolute atomic E-state index is 13.2. The number of thiophene rings is 1. The molecule has 0 saturated carbocycles. The second kappa shape index (κ2) is 10.6. The molecule has 2 amide bonds. The van der Waals surface area contributed by atoms with E-state index in [1.54, 1.807) is 36.4 Å². The second-order valence-corrected chi connectivity index (χ2v) is 10.7. The molecule has 2 N–H and O–H groups in total. The summed E-state index contributed by atoms with van der Waals surface area (Å²) in [6.07, 6.45) is 3.38. The largest absolute Gasteiger partial charge is 0.344 e. The predicted molar refractivity (Wildman–Crippen MR) is 132 cm³/mol. The van der Waals surface area contributed by atoms with E-state index in [1.807, 2.05) is 37.4 Å². The number of aryl methyl sites for hydroxylation is 1. The Morgan fingerprint density at radius 2 is 1.79 bits per heavy atom. The minimum absolute atomic E-state index is 0.134. The highest BCUT2D eigenvalue weighted by molar-refractivity contribution is 7.90. The molecule has 0 unspecified atom stereocenters. The van der Waals surface area contributed by atoms with Gasteiger partial charge in [-0.25, -0.2) is 8.42 Å². The zero-order valence-corrected chi connectivity index (χ0v) is 20.3. The summed E-state index contributed by atoms with van der Waals surface area (Å²) < 4.78 is 23.5. The van der Waals surface area contributed by atoms with Crippen LogP contribution in [0.5, 0.6) is 0 Å². The number of rotatable bonds is 8. The number of benzene rings is 2. The van der Waals surface area contributed by atoms with Gasteiger partial charge in [-0.1, -0.05) is 42.8 Å². The quantitative estimate of drug-likeness (QED) is 0.463. The first-order valence-electron chi connectivity index (χ1n) is 10.4. The van der Waals surface area contributed by atoms with Gasteiger partial charge in [0.25, 0.3) is 11.8 Å². The minimum atomic E-state index is -3.30. The van der Waals surface area contributed by atoms with Gasteiger partial charge in [0.1, 0.15) is 5.70 Å². The summed E-state index contributed by atoms with van der Waals surface area (Å²) in [4.78, 5) is 27.0. The molecule has 0 aliphatic carbocycles. The van der Waals surface area contributed by atoms with Crippen molar-refractivity contribution in [1.82, 2.24) is 10.6 Å². The molecular formula is C25H26N2O4S2. The number of nitrogens with one attached hydrogen (secondary N) is 2. The smallest absolute Gasteiger partial charge is 0.268 e. The van der Waals surface area contributed by atoms with Crippen molar-refractivity contribution < 1.29 is 18.0 Å². The van der Waals surface area contributed by atoms with E-state index in [-0.39, 0.29) is 22.5 Å². The zero-order chi connectivity index (χ0) is 24.0. The van der Waals surface area contributed by atoms with Crippen LogP contribution in [0.4, 0.5) is 0 Å². The van der Waals surface area contributed by atoms with Gasteiger partial charge in [0.2, 0.25) is 0 Å². The summed E-state index contributed by atoms with van der Waals surface area (Å²) in [6.45, 7) is 3.82. The van der Waals surface area contributed by atoms with Crippen LogP contribution in [0, 0.1) is 6.92 Å². The van der Waals surface area contributed by atoms with Crippen LogP contribution in [0.1, 0.15) is 45.7 Å². The Morgan fingerprint density at radius 3 is 2.36 bits per heavy atom. The van der Waals surface area contributed by atoms with Crippen LogP contribution in [-0.2, 0) is 14.6 Å². The topological polar surface area (TPSA) is 92.3 Å². The van der Waals surface area contributed by atoms with E-state index in [9.17, 15) is 18.0 Å². The maximum atomic E-state index is 13.2. The van der Waals surface area contributed by atoms with Gasteiger partial charge in [-0.2, -0.15) is 0 Å². The molecule has 0 fully saturated rings. The number of amides is 2. The Bertz CT molecular complexity index is 1260.